The summed E-state index contributed by atoms with van der Waals surface area (Å²) in [5, 5.41) is 0. The van der Waals surface area contributed by atoms with Gasteiger partial charge < -0.3 is 19.6 Å². The fraction of sp³-hybridized carbons (Fsp3) is 0. The van der Waals surface area contributed by atoms with Crippen LogP contribution in [0.5, 0.6) is 0 Å². The molecule has 0 amide bonds. The van der Waals surface area contributed by atoms with Gasteiger partial charge in [-0.05, 0) is 0 Å². The van der Waals surface area contributed by atoms with Crippen LogP contribution < -0.4 is 0 Å². The number of hydrogen-bond acceptors (Lipinski definition) is 3. The van der Waals surface area contributed by atoms with Crippen molar-refractivity contribution < 1.29 is 33.0 Å². The Labute approximate surface area is 93.2 Å². The molecular formula is H6O7P2Sr. The quantitative estimate of drug-likeness (QED) is 0.346. The summed E-state index contributed by atoms with van der Waals surface area (Å²) in [6.45, 7) is 0. The zero-order valence-corrected chi connectivity index (χ0v) is 5.70. The Hall–Kier alpha value is 1.74. The normalized spacial score (nSPS) is 12.4. The molecule has 0 bridgehead atoms. The zero-order valence-electron chi connectivity index (χ0n) is 3.91. The van der Waals surface area contributed by atoms with Crippen LogP contribution >= 0.6 is 15.6 Å². The fourth-order valence-electron chi connectivity index (χ4n) is 0.139. The number of hydrogen-bond donors (Lipinski definition) is 4. The molecule has 0 fully saturated rings. The molecule has 0 atom stereocenters. The number of rotatable bonds is 2. The van der Waals surface area contributed by atoms with Gasteiger partial charge in [0.15, 0.2) is 0 Å². The summed E-state index contributed by atoms with van der Waals surface area (Å²) < 4.78 is 22.2. The first-order valence-electron chi connectivity index (χ1n) is 1.53. The van der Waals surface area contributed by atoms with Crippen molar-refractivity contribution in [3.63, 3.8) is 0 Å². The molecule has 10 heteroatoms. The van der Waals surface area contributed by atoms with Crippen molar-refractivity contribution in [2.45, 2.75) is 0 Å². The molecule has 0 spiro atoms. The molecule has 4 N–H and O–H groups in total. The van der Waals surface area contributed by atoms with Crippen molar-refractivity contribution in [1.29, 1.82) is 0 Å². The van der Waals surface area contributed by atoms with Crippen LogP contribution in [-0.2, 0) is 13.4 Å². The maximum atomic E-state index is 9.63. The molecule has 0 aromatic rings. The monoisotopic (exact) mass is 268 g/mol. The third kappa shape index (κ3) is 12.4. The second kappa shape index (κ2) is 4.69. The Kier molecular flexibility index (Phi) is 6.69. The molecule has 0 aliphatic carbocycles. The van der Waals surface area contributed by atoms with E-state index < -0.39 is 15.6 Å². The van der Waals surface area contributed by atoms with Crippen LogP contribution in [0.25, 0.3) is 0 Å². The molecule has 0 heterocycles. The molecule has 0 aliphatic rings. The minimum atomic E-state index is -5.05. The zero-order chi connectivity index (χ0) is 7.71. The van der Waals surface area contributed by atoms with Gasteiger partial charge in [0, 0.05) is 0 Å². The predicted octanol–water partition coefficient (Wildman–Crippen LogP) is -1.73. The second-order valence-electron chi connectivity index (χ2n) is 1.06. The molecule has 0 unspecified atom stereocenters. The molecule has 0 rings (SSSR count). The molecule has 0 aliphatic heterocycles. The summed E-state index contributed by atoms with van der Waals surface area (Å²) in [5.74, 6) is 0. The van der Waals surface area contributed by atoms with Crippen molar-refractivity contribution in [3.05, 3.63) is 0 Å². The van der Waals surface area contributed by atoms with Gasteiger partial charge in [0.1, 0.15) is 0 Å². The molecule has 7 nitrogen and oxygen atoms in total. The van der Waals surface area contributed by atoms with Crippen LogP contribution in [0.1, 0.15) is 0 Å². The van der Waals surface area contributed by atoms with E-state index in [0.717, 1.165) is 0 Å². The predicted molar refractivity (Wildman–Crippen MR) is 33.7 cm³/mol. The van der Waals surface area contributed by atoms with E-state index in [2.05, 4.69) is 4.31 Å². The summed E-state index contributed by atoms with van der Waals surface area (Å²) in [6, 6.07) is 0. The molecule has 60 valence electrons. The van der Waals surface area contributed by atoms with Crippen molar-refractivity contribution in [1.82, 2.24) is 0 Å². The van der Waals surface area contributed by atoms with Crippen LogP contribution in [0.4, 0.5) is 0 Å². The first kappa shape index (κ1) is 14.3. The second-order valence-corrected chi connectivity index (χ2v) is 3.68. The first-order chi connectivity index (χ1) is 3.71. The topological polar surface area (TPSA) is 124 Å². The van der Waals surface area contributed by atoms with E-state index >= 15 is 0 Å². The Balaban J connectivity index is 0. The van der Waals surface area contributed by atoms with Crippen LogP contribution in [0.15, 0.2) is 0 Å². The third-order valence-electron chi connectivity index (χ3n) is 0.213. The summed E-state index contributed by atoms with van der Waals surface area (Å²) >= 11 is 0. The van der Waals surface area contributed by atoms with Crippen molar-refractivity contribution >= 4 is 61.1 Å². The first-order valence-corrected chi connectivity index (χ1v) is 4.59. The standard InChI is InChI=1S/H4O7P2.Sr.2H/c1-8(2,3)7-9(4,5)6;;;/h(H2,1,2,3)(H2,4,5,6);;;. The Morgan fingerprint density at radius 2 is 1.10 bits per heavy atom. The summed E-state index contributed by atoms with van der Waals surface area (Å²) in [7, 11) is -10.1. The Morgan fingerprint density at radius 1 is 0.900 bits per heavy atom. The molecule has 0 aromatic carbocycles. The average Bonchev–Trinajstić information content (AvgIpc) is 1.14. The van der Waals surface area contributed by atoms with E-state index in [4.69, 9.17) is 19.6 Å². The maximum absolute atomic E-state index is 9.63. The summed E-state index contributed by atoms with van der Waals surface area (Å²) in [4.78, 5) is 31.0. The van der Waals surface area contributed by atoms with Gasteiger partial charge in [-0.2, -0.15) is 4.31 Å². The van der Waals surface area contributed by atoms with Crippen molar-refractivity contribution in [3.8, 4) is 0 Å². The van der Waals surface area contributed by atoms with E-state index in [1.54, 1.807) is 0 Å². The van der Waals surface area contributed by atoms with Gasteiger partial charge in [-0.15, -0.1) is 0 Å². The van der Waals surface area contributed by atoms with E-state index in [1.165, 1.54) is 0 Å². The van der Waals surface area contributed by atoms with Gasteiger partial charge >= 0.3 is 61.1 Å². The van der Waals surface area contributed by atoms with Crippen molar-refractivity contribution in [2.24, 2.45) is 0 Å². The van der Waals surface area contributed by atoms with E-state index in [9.17, 15) is 9.13 Å². The Morgan fingerprint density at radius 3 is 1.10 bits per heavy atom. The molecule has 0 radical (unpaired) electrons. The van der Waals surface area contributed by atoms with E-state index in [1.807, 2.05) is 0 Å². The van der Waals surface area contributed by atoms with Crippen molar-refractivity contribution in [2.75, 3.05) is 0 Å². The van der Waals surface area contributed by atoms with Gasteiger partial charge in [0.05, 0.1) is 0 Å². The van der Waals surface area contributed by atoms with Gasteiger partial charge in [0.2, 0.25) is 0 Å². The molecule has 0 saturated heterocycles. The van der Waals surface area contributed by atoms with Gasteiger partial charge in [-0.3, -0.25) is 0 Å². The summed E-state index contributed by atoms with van der Waals surface area (Å²) in [5.41, 5.74) is 0. The van der Waals surface area contributed by atoms with Gasteiger partial charge in [-0.1, -0.05) is 0 Å². The molecule has 10 heavy (non-hydrogen) atoms. The minimum absolute atomic E-state index is 0. The SMILES string of the molecule is O=P(O)(O)OP(=O)(O)O.[SrH2]. The van der Waals surface area contributed by atoms with Crippen LogP contribution in [0, 0.1) is 0 Å². The molecular weight excluding hydrogens is 262 g/mol. The number of phosphoric acid groups is 2. The van der Waals surface area contributed by atoms with E-state index in [0.29, 0.717) is 0 Å². The van der Waals surface area contributed by atoms with Gasteiger partial charge in [-0.25, -0.2) is 9.13 Å². The fourth-order valence-corrected chi connectivity index (χ4v) is 1.25. The van der Waals surface area contributed by atoms with Crippen LogP contribution in [0.3, 0.4) is 0 Å². The van der Waals surface area contributed by atoms with Crippen LogP contribution in [0.2, 0.25) is 0 Å². The third-order valence-corrected chi connectivity index (χ3v) is 1.91. The van der Waals surface area contributed by atoms with Gasteiger partial charge in [0.25, 0.3) is 0 Å². The molecule has 0 aromatic heterocycles. The Bertz CT molecular complexity index is 152. The van der Waals surface area contributed by atoms with Crippen LogP contribution in [-0.4, -0.2) is 65.1 Å². The molecule has 0 saturated carbocycles. The average molecular weight is 268 g/mol. The summed E-state index contributed by atoms with van der Waals surface area (Å²) in [6.07, 6.45) is 0. The van der Waals surface area contributed by atoms with E-state index in [-0.39, 0.29) is 45.5 Å².